The number of nitrogens with zero attached hydrogens (tertiary/aromatic N) is 3. The monoisotopic (exact) mass is 336 g/mol. The number of amides is 1. The number of piperidine rings is 1. The van der Waals surface area contributed by atoms with E-state index in [-0.39, 0.29) is 24.2 Å². The Morgan fingerprint density at radius 1 is 1.50 bits per heavy atom. The Hall–Kier alpha value is -1.44. The molecule has 0 saturated carbocycles. The van der Waals surface area contributed by atoms with Gasteiger partial charge in [-0.25, -0.2) is 0 Å². The van der Waals surface area contributed by atoms with Gasteiger partial charge in [0, 0.05) is 40.2 Å². The fourth-order valence-corrected chi connectivity index (χ4v) is 3.68. The highest BCUT2D eigenvalue weighted by Crippen LogP contribution is 2.37. The zero-order valence-corrected chi connectivity index (χ0v) is 14.9. The van der Waals surface area contributed by atoms with Crippen LogP contribution >= 0.6 is 0 Å². The van der Waals surface area contributed by atoms with Crippen LogP contribution in [0.1, 0.15) is 30.7 Å². The molecule has 0 bridgehead atoms. The molecule has 2 fully saturated rings. The number of likely N-dealkylation sites (N-methyl/N-ethyl adjacent to an activating group) is 1. The number of aryl methyl sites for hydroxylation is 2. The zero-order valence-electron chi connectivity index (χ0n) is 14.9. The number of hydrogen-bond donors (Lipinski definition) is 1. The van der Waals surface area contributed by atoms with Gasteiger partial charge in [0.1, 0.15) is 6.61 Å². The minimum Gasteiger partial charge on any atom is -0.372 e. The average Bonchev–Trinajstić information content (AvgIpc) is 3.11. The lowest BCUT2D eigenvalue weighted by Gasteiger charge is -2.38. The van der Waals surface area contributed by atoms with Crippen LogP contribution in [0.25, 0.3) is 0 Å². The molecular weight excluding hydrogens is 308 g/mol. The molecule has 0 aromatic carbocycles. The number of ether oxygens (including phenoxy) is 2. The summed E-state index contributed by atoms with van der Waals surface area (Å²) in [4.78, 5) is 13.8. The average molecular weight is 336 g/mol. The van der Waals surface area contributed by atoms with Crippen molar-refractivity contribution < 1.29 is 14.3 Å². The molecule has 3 rings (SSSR count). The van der Waals surface area contributed by atoms with Gasteiger partial charge in [-0.2, -0.15) is 5.10 Å². The van der Waals surface area contributed by atoms with Crippen molar-refractivity contribution >= 4 is 5.91 Å². The standard InChI is InChI=1S/C17H28N4O3/c1-13-8-14(20(3)19-13)10-21-6-4-17(5-7-21)9-15(11-24-17)23-12-16(22)18-2/h8,15H,4-7,9-12H2,1-3H3,(H,18,22)/t15-/m0/s1. The first-order valence-corrected chi connectivity index (χ1v) is 8.68. The number of carbonyl (C=O) groups is 1. The fourth-order valence-electron chi connectivity index (χ4n) is 3.68. The van der Waals surface area contributed by atoms with Gasteiger partial charge in [0.15, 0.2) is 0 Å². The summed E-state index contributed by atoms with van der Waals surface area (Å²) in [5.41, 5.74) is 2.26. The molecule has 2 saturated heterocycles. The molecule has 2 aliphatic heterocycles. The predicted molar refractivity (Wildman–Crippen MR) is 89.6 cm³/mol. The van der Waals surface area contributed by atoms with Crippen LogP contribution in [0, 0.1) is 6.92 Å². The first-order chi connectivity index (χ1) is 11.5. The number of rotatable bonds is 5. The van der Waals surface area contributed by atoms with Gasteiger partial charge in [0.2, 0.25) is 5.91 Å². The lowest BCUT2D eigenvalue weighted by molar-refractivity contribution is -0.127. The molecular formula is C17H28N4O3. The molecule has 134 valence electrons. The summed E-state index contributed by atoms with van der Waals surface area (Å²) in [5.74, 6) is -0.0859. The van der Waals surface area contributed by atoms with Crippen LogP contribution in [0.3, 0.4) is 0 Å². The van der Waals surface area contributed by atoms with Crippen molar-refractivity contribution in [1.29, 1.82) is 0 Å². The second kappa shape index (κ2) is 7.21. The van der Waals surface area contributed by atoms with Crippen molar-refractivity contribution in [2.45, 2.75) is 44.4 Å². The normalized spacial score (nSPS) is 23.7. The van der Waals surface area contributed by atoms with E-state index in [4.69, 9.17) is 9.47 Å². The zero-order chi connectivity index (χ0) is 17.2. The van der Waals surface area contributed by atoms with E-state index >= 15 is 0 Å². The van der Waals surface area contributed by atoms with Gasteiger partial charge in [-0.05, 0) is 25.8 Å². The van der Waals surface area contributed by atoms with Gasteiger partial charge in [0.05, 0.1) is 29.7 Å². The summed E-state index contributed by atoms with van der Waals surface area (Å²) in [6, 6.07) is 2.15. The summed E-state index contributed by atoms with van der Waals surface area (Å²) >= 11 is 0. The van der Waals surface area contributed by atoms with Gasteiger partial charge < -0.3 is 14.8 Å². The SMILES string of the molecule is CNC(=O)CO[C@@H]1COC2(CCN(Cc3cc(C)nn3C)CC2)C1. The molecule has 1 atom stereocenters. The molecule has 1 amide bonds. The largest absolute Gasteiger partial charge is 0.372 e. The maximum Gasteiger partial charge on any atom is 0.245 e. The van der Waals surface area contributed by atoms with Gasteiger partial charge >= 0.3 is 0 Å². The summed E-state index contributed by atoms with van der Waals surface area (Å²) in [6.07, 6.45) is 2.96. The second-order valence-corrected chi connectivity index (χ2v) is 6.98. The summed E-state index contributed by atoms with van der Waals surface area (Å²) in [6.45, 7) is 5.72. The van der Waals surface area contributed by atoms with Gasteiger partial charge in [-0.1, -0.05) is 0 Å². The Bertz CT molecular complexity index is 578. The molecule has 0 radical (unpaired) electrons. The third kappa shape index (κ3) is 3.96. The summed E-state index contributed by atoms with van der Waals surface area (Å²) in [5, 5.41) is 6.99. The minimum atomic E-state index is -0.0859. The molecule has 2 aliphatic rings. The van der Waals surface area contributed by atoms with Crippen LogP contribution in [-0.4, -0.2) is 65.6 Å². The van der Waals surface area contributed by atoms with Crippen LogP contribution in [0.4, 0.5) is 0 Å². The van der Waals surface area contributed by atoms with Crippen molar-refractivity contribution in [1.82, 2.24) is 20.0 Å². The third-order valence-corrected chi connectivity index (χ3v) is 5.16. The van der Waals surface area contributed by atoms with Crippen LogP contribution in [-0.2, 0) is 27.9 Å². The molecule has 1 aromatic heterocycles. The van der Waals surface area contributed by atoms with E-state index in [1.807, 2.05) is 18.7 Å². The molecule has 1 spiro atoms. The summed E-state index contributed by atoms with van der Waals surface area (Å²) < 4.78 is 13.7. The first kappa shape index (κ1) is 17.4. The molecule has 0 unspecified atom stereocenters. The number of likely N-dealkylation sites (tertiary alicyclic amines) is 1. The third-order valence-electron chi connectivity index (χ3n) is 5.16. The van der Waals surface area contributed by atoms with E-state index < -0.39 is 0 Å². The molecule has 0 aliphatic carbocycles. The van der Waals surface area contributed by atoms with Crippen LogP contribution in [0.2, 0.25) is 0 Å². The van der Waals surface area contributed by atoms with Crippen molar-refractivity contribution in [3.63, 3.8) is 0 Å². The predicted octanol–water partition coefficient (Wildman–Crippen LogP) is 0.615. The van der Waals surface area contributed by atoms with Gasteiger partial charge in [-0.15, -0.1) is 0 Å². The van der Waals surface area contributed by atoms with Gasteiger partial charge in [0.25, 0.3) is 0 Å². The number of carbonyl (C=O) groups excluding carboxylic acids is 1. The fraction of sp³-hybridized carbons (Fsp3) is 0.765. The van der Waals surface area contributed by atoms with Crippen LogP contribution in [0.5, 0.6) is 0 Å². The quantitative estimate of drug-likeness (QED) is 0.853. The van der Waals surface area contributed by atoms with Crippen molar-refractivity contribution in [2.75, 3.05) is 33.4 Å². The topological polar surface area (TPSA) is 68.6 Å². The minimum absolute atomic E-state index is 0.0357. The van der Waals surface area contributed by atoms with E-state index in [0.717, 1.165) is 44.6 Å². The number of nitrogens with one attached hydrogen (secondary N) is 1. The Kier molecular flexibility index (Phi) is 5.22. The van der Waals surface area contributed by atoms with E-state index in [0.29, 0.717) is 6.61 Å². The van der Waals surface area contributed by atoms with Crippen molar-refractivity contribution in [3.8, 4) is 0 Å². The lowest BCUT2D eigenvalue weighted by Crippen LogP contribution is -2.44. The van der Waals surface area contributed by atoms with Crippen LogP contribution < -0.4 is 5.32 Å². The maximum atomic E-state index is 11.3. The Labute approximate surface area is 143 Å². The molecule has 1 N–H and O–H groups in total. The maximum absolute atomic E-state index is 11.3. The molecule has 1 aromatic rings. The molecule has 3 heterocycles. The van der Waals surface area contributed by atoms with Crippen molar-refractivity contribution in [2.24, 2.45) is 7.05 Å². The Morgan fingerprint density at radius 3 is 2.88 bits per heavy atom. The molecule has 24 heavy (non-hydrogen) atoms. The molecule has 7 nitrogen and oxygen atoms in total. The highest BCUT2D eigenvalue weighted by atomic mass is 16.6. The highest BCUT2D eigenvalue weighted by molar-refractivity contribution is 5.76. The van der Waals surface area contributed by atoms with E-state index in [1.54, 1.807) is 7.05 Å². The highest BCUT2D eigenvalue weighted by Gasteiger charge is 2.43. The Morgan fingerprint density at radius 2 is 2.25 bits per heavy atom. The number of aromatic nitrogens is 2. The Balaban J connectivity index is 1.46. The second-order valence-electron chi connectivity index (χ2n) is 6.98. The van der Waals surface area contributed by atoms with Gasteiger partial charge in [-0.3, -0.25) is 14.4 Å². The molecule has 7 heteroatoms. The van der Waals surface area contributed by atoms with Crippen LogP contribution in [0.15, 0.2) is 6.07 Å². The summed E-state index contributed by atoms with van der Waals surface area (Å²) in [7, 11) is 3.63. The smallest absolute Gasteiger partial charge is 0.245 e. The van der Waals surface area contributed by atoms with Crippen molar-refractivity contribution in [3.05, 3.63) is 17.5 Å². The van der Waals surface area contributed by atoms with E-state index in [1.165, 1.54) is 5.69 Å². The lowest BCUT2D eigenvalue weighted by atomic mass is 9.88. The van der Waals surface area contributed by atoms with E-state index in [2.05, 4.69) is 21.4 Å². The number of hydrogen-bond acceptors (Lipinski definition) is 5. The van der Waals surface area contributed by atoms with E-state index in [9.17, 15) is 4.79 Å². The first-order valence-electron chi connectivity index (χ1n) is 8.68.